The number of phenolic OH excluding ortho intramolecular Hbond substituents is 1. The van der Waals surface area contributed by atoms with Crippen molar-refractivity contribution in [3.63, 3.8) is 0 Å². The number of H-pyrrole nitrogens is 1. The number of carbonyl (C=O) groups is 1. The Balaban J connectivity index is 1.60. The Morgan fingerprint density at radius 2 is 1.89 bits per heavy atom. The van der Waals surface area contributed by atoms with Crippen molar-refractivity contribution in [3.05, 3.63) is 58.7 Å². The summed E-state index contributed by atoms with van der Waals surface area (Å²) in [5.41, 5.74) is 3.34. The minimum Gasteiger partial charge on any atom is -0.506 e. The summed E-state index contributed by atoms with van der Waals surface area (Å²) in [7, 11) is 0. The van der Waals surface area contributed by atoms with Gasteiger partial charge in [-0.25, -0.2) is 0 Å². The summed E-state index contributed by atoms with van der Waals surface area (Å²) in [5, 5.41) is 14.0. The second-order valence-corrected chi connectivity index (χ2v) is 8.84. The molecule has 27 heavy (non-hydrogen) atoms. The van der Waals surface area contributed by atoms with Crippen molar-refractivity contribution in [1.82, 2.24) is 4.98 Å². The van der Waals surface area contributed by atoms with Crippen LogP contribution in [0.2, 0.25) is 5.02 Å². The molecule has 0 atom stereocenters. The number of hydrogen-bond donors (Lipinski definition) is 3. The molecule has 0 saturated heterocycles. The van der Waals surface area contributed by atoms with Gasteiger partial charge in [0, 0.05) is 27.7 Å². The van der Waals surface area contributed by atoms with Crippen LogP contribution in [0, 0.1) is 0 Å². The molecule has 1 aromatic heterocycles. The molecule has 5 heteroatoms. The van der Waals surface area contributed by atoms with Crippen LogP contribution in [0.5, 0.6) is 5.75 Å². The van der Waals surface area contributed by atoms with E-state index in [-0.39, 0.29) is 22.1 Å². The Morgan fingerprint density at radius 3 is 2.52 bits per heavy atom. The van der Waals surface area contributed by atoms with Gasteiger partial charge in [0.2, 0.25) is 5.91 Å². The minimum absolute atomic E-state index is 0.0317. The monoisotopic (exact) mass is 382 g/mol. The van der Waals surface area contributed by atoms with Gasteiger partial charge < -0.3 is 15.4 Å². The molecule has 4 rings (SSSR count). The molecular formula is C22H23ClN2O2. The highest BCUT2D eigenvalue weighted by Gasteiger charge is 2.51. The predicted octanol–water partition coefficient (Wildman–Crippen LogP) is 5.49. The molecule has 0 spiro atoms. The zero-order valence-corrected chi connectivity index (χ0v) is 16.4. The van der Waals surface area contributed by atoms with Crippen molar-refractivity contribution in [1.29, 1.82) is 0 Å². The zero-order chi connectivity index (χ0) is 19.4. The van der Waals surface area contributed by atoms with Crippen molar-refractivity contribution in [2.24, 2.45) is 0 Å². The molecule has 3 N–H and O–H groups in total. The molecule has 0 radical (unpaired) electrons. The molecule has 1 saturated carbocycles. The maximum atomic E-state index is 13.0. The van der Waals surface area contributed by atoms with E-state index in [4.69, 9.17) is 11.6 Å². The average molecular weight is 383 g/mol. The van der Waals surface area contributed by atoms with E-state index in [1.165, 1.54) is 5.69 Å². The van der Waals surface area contributed by atoms with Crippen LogP contribution in [0.4, 0.5) is 5.69 Å². The second-order valence-electron chi connectivity index (χ2n) is 8.44. The molecule has 1 heterocycles. The van der Waals surface area contributed by atoms with Crippen molar-refractivity contribution in [2.75, 3.05) is 5.32 Å². The van der Waals surface area contributed by atoms with E-state index in [0.717, 1.165) is 35.0 Å². The lowest BCUT2D eigenvalue weighted by molar-refractivity contribution is -0.118. The van der Waals surface area contributed by atoms with E-state index in [0.29, 0.717) is 0 Å². The Kier molecular flexibility index (Phi) is 4.00. The third kappa shape index (κ3) is 3.19. The van der Waals surface area contributed by atoms with Gasteiger partial charge in [0.1, 0.15) is 5.75 Å². The maximum Gasteiger partial charge on any atom is 0.235 e. The summed E-state index contributed by atoms with van der Waals surface area (Å²) in [6.07, 6.45) is 1.56. The van der Waals surface area contributed by atoms with Crippen LogP contribution in [-0.2, 0) is 15.6 Å². The molecule has 140 valence electrons. The standard InChI is InChI=1S/C22H23ClN2O2/c1-21(2,3)19-11-13-10-15(5-6-17(13)25-19)24-20(27)22(8-9-22)14-4-7-18(26)16(23)12-14/h4-7,10-12,25-26H,8-9H2,1-3H3,(H,24,27). The van der Waals surface area contributed by atoms with E-state index < -0.39 is 5.41 Å². The smallest absolute Gasteiger partial charge is 0.235 e. The number of benzene rings is 2. The number of aromatic nitrogens is 1. The van der Waals surface area contributed by atoms with E-state index in [1.54, 1.807) is 18.2 Å². The first-order valence-electron chi connectivity index (χ1n) is 9.13. The number of hydrogen-bond acceptors (Lipinski definition) is 2. The van der Waals surface area contributed by atoms with Crippen molar-refractivity contribution in [3.8, 4) is 5.75 Å². The molecule has 1 aliphatic rings. The summed E-state index contributed by atoms with van der Waals surface area (Å²) in [4.78, 5) is 16.4. The fourth-order valence-electron chi connectivity index (χ4n) is 3.44. The molecule has 1 fully saturated rings. The van der Waals surface area contributed by atoms with Gasteiger partial charge in [-0.05, 0) is 54.8 Å². The van der Waals surface area contributed by atoms with Gasteiger partial charge in [0.25, 0.3) is 0 Å². The lowest BCUT2D eigenvalue weighted by Crippen LogP contribution is -2.27. The van der Waals surface area contributed by atoms with E-state index >= 15 is 0 Å². The molecular weight excluding hydrogens is 360 g/mol. The quantitative estimate of drug-likeness (QED) is 0.560. The molecule has 3 aromatic rings. The number of aromatic amines is 1. The maximum absolute atomic E-state index is 13.0. The molecule has 1 amide bonds. The first-order valence-corrected chi connectivity index (χ1v) is 9.51. The Hall–Kier alpha value is -2.46. The normalized spacial score (nSPS) is 15.7. The number of carbonyl (C=O) groups excluding carboxylic acids is 1. The molecule has 4 nitrogen and oxygen atoms in total. The summed E-state index contributed by atoms with van der Waals surface area (Å²) >= 11 is 6.03. The largest absolute Gasteiger partial charge is 0.506 e. The molecule has 2 aromatic carbocycles. The minimum atomic E-state index is -0.555. The van der Waals surface area contributed by atoms with Crippen LogP contribution in [-0.4, -0.2) is 16.0 Å². The number of fused-ring (bicyclic) bond motifs is 1. The van der Waals surface area contributed by atoms with Gasteiger partial charge in [-0.1, -0.05) is 38.4 Å². The number of anilines is 1. The fraction of sp³-hybridized carbons (Fsp3) is 0.318. The zero-order valence-electron chi connectivity index (χ0n) is 15.7. The lowest BCUT2D eigenvalue weighted by Gasteiger charge is -2.16. The Bertz CT molecular complexity index is 1040. The van der Waals surface area contributed by atoms with Crippen LogP contribution < -0.4 is 5.32 Å². The van der Waals surface area contributed by atoms with Gasteiger partial charge >= 0.3 is 0 Å². The van der Waals surface area contributed by atoms with Gasteiger partial charge in [-0.15, -0.1) is 0 Å². The Morgan fingerprint density at radius 1 is 1.15 bits per heavy atom. The molecule has 0 unspecified atom stereocenters. The van der Waals surface area contributed by atoms with Crippen molar-refractivity contribution < 1.29 is 9.90 Å². The summed E-state index contributed by atoms with van der Waals surface area (Å²) in [6.45, 7) is 6.50. The highest BCUT2D eigenvalue weighted by Crippen LogP contribution is 2.50. The molecule has 0 aliphatic heterocycles. The second kappa shape index (κ2) is 6.03. The van der Waals surface area contributed by atoms with Crippen LogP contribution in [0.1, 0.15) is 44.9 Å². The highest BCUT2D eigenvalue weighted by molar-refractivity contribution is 6.32. The summed E-state index contributed by atoms with van der Waals surface area (Å²) in [5.74, 6) is -0.000580. The van der Waals surface area contributed by atoms with Gasteiger partial charge in [-0.3, -0.25) is 4.79 Å². The molecule has 0 bridgehead atoms. The number of rotatable bonds is 3. The first kappa shape index (κ1) is 17.9. The van der Waals surface area contributed by atoms with E-state index in [1.807, 2.05) is 18.2 Å². The first-order chi connectivity index (χ1) is 12.7. The number of amides is 1. The van der Waals surface area contributed by atoms with E-state index in [2.05, 4.69) is 37.1 Å². The van der Waals surface area contributed by atoms with Crippen LogP contribution in [0.25, 0.3) is 10.9 Å². The third-order valence-corrected chi connectivity index (χ3v) is 5.67. The van der Waals surface area contributed by atoms with Gasteiger partial charge in [0.15, 0.2) is 0 Å². The van der Waals surface area contributed by atoms with Crippen molar-refractivity contribution >= 4 is 34.1 Å². The van der Waals surface area contributed by atoms with Gasteiger partial charge in [-0.2, -0.15) is 0 Å². The number of nitrogens with one attached hydrogen (secondary N) is 2. The van der Waals surface area contributed by atoms with Gasteiger partial charge in [0.05, 0.1) is 10.4 Å². The summed E-state index contributed by atoms with van der Waals surface area (Å²) < 4.78 is 0. The Labute approximate surface area is 163 Å². The topological polar surface area (TPSA) is 65.1 Å². The van der Waals surface area contributed by atoms with Crippen molar-refractivity contribution in [2.45, 2.75) is 44.4 Å². The average Bonchev–Trinajstić information content (AvgIpc) is 3.29. The van der Waals surface area contributed by atoms with Crippen LogP contribution in [0.15, 0.2) is 42.5 Å². The summed E-state index contributed by atoms with van der Waals surface area (Å²) in [6, 6.07) is 13.1. The van der Waals surface area contributed by atoms with E-state index in [9.17, 15) is 9.90 Å². The highest BCUT2D eigenvalue weighted by atomic mass is 35.5. The predicted molar refractivity (Wildman–Crippen MR) is 110 cm³/mol. The lowest BCUT2D eigenvalue weighted by atomic mass is 9.92. The number of halogens is 1. The molecule has 1 aliphatic carbocycles. The van der Waals surface area contributed by atoms with Crippen LogP contribution >= 0.6 is 11.6 Å². The number of aromatic hydroxyl groups is 1. The SMILES string of the molecule is CC(C)(C)c1cc2cc(NC(=O)C3(c4ccc(O)c(Cl)c4)CC3)ccc2[nH]1. The van der Waals surface area contributed by atoms with Crippen LogP contribution in [0.3, 0.4) is 0 Å². The third-order valence-electron chi connectivity index (χ3n) is 5.37. The fourth-order valence-corrected chi connectivity index (χ4v) is 3.62. The number of phenols is 1.